The Bertz CT molecular complexity index is 874. The van der Waals surface area contributed by atoms with Crippen LogP contribution in [0.15, 0.2) is 41.2 Å². The minimum absolute atomic E-state index is 0.0524. The molecule has 3 nitrogen and oxygen atoms in total. The molecule has 2 aromatic carbocycles. The lowest BCUT2D eigenvalue weighted by atomic mass is 10.0. The number of H-pyrrole nitrogens is 1. The topological polar surface area (TPSA) is 45.8 Å². The van der Waals surface area contributed by atoms with Crippen molar-refractivity contribution in [1.29, 1.82) is 0 Å². The van der Waals surface area contributed by atoms with Gasteiger partial charge in [-0.2, -0.15) is 5.10 Å². The van der Waals surface area contributed by atoms with Crippen LogP contribution in [0.1, 0.15) is 0 Å². The van der Waals surface area contributed by atoms with Crippen LogP contribution in [0, 0.1) is 17.5 Å². The van der Waals surface area contributed by atoms with Crippen molar-refractivity contribution < 1.29 is 13.2 Å². The Morgan fingerprint density at radius 3 is 2.35 bits per heavy atom. The Morgan fingerprint density at radius 1 is 0.900 bits per heavy atom. The van der Waals surface area contributed by atoms with Gasteiger partial charge in [0.15, 0.2) is 17.5 Å². The van der Waals surface area contributed by atoms with Gasteiger partial charge < -0.3 is 0 Å². The largest absolute Gasteiger partial charge is 0.272 e. The van der Waals surface area contributed by atoms with Crippen molar-refractivity contribution in [2.75, 3.05) is 0 Å². The second-order valence-electron chi connectivity index (χ2n) is 4.17. The summed E-state index contributed by atoms with van der Waals surface area (Å²) >= 11 is 0. The van der Waals surface area contributed by atoms with Gasteiger partial charge >= 0.3 is 0 Å². The van der Waals surface area contributed by atoms with Gasteiger partial charge in [0, 0.05) is 10.9 Å². The molecule has 0 unspecified atom stereocenters. The molecule has 100 valence electrons. The summed E-state index contributed by atoms with van der Waals surface area (Å²) in [4.78, 5) is 11.6. The van der Waals surface area contributed by atoms with E-state index in [-0.39, 0.29) is 11.3 Å². The molecule has 3 aromatic rings. The Hall–Kier alpha value is -2.63. The van der Waals surface area contributed by atoms with E-state index in [2.05, 4.69) is 10.2 Å². The summed E-state index contributed by atoms with van der Waals surface area (Å²) < 4.78 is 40.1. The quantitative estimate of drug-likeness (QED) is 0.694. The zero-order valence-electron chi connectivity index (χ0n) is 9.95. The number of hydrogen-bond acceptors (Lipinski definition) is 2. The van der Waals surface area contributed by atoms with Gasteiger partial charge in [0.25, 0.3) is 5.56 Å². The number of hydrogen-bond donors (Lipinski definition) is 1. The van der Waals surface area contributed by atoms with Crippen LogP contribution in [0.4, 0.5) is 13.2 Å². The fraction of sp³-hybridized carbons (Fsp3) is 0. The monoisotopic (exact) mass is 276 g/mol. The predicted molar refractivity (Wildman–Crippen MR) is 67.7 cm³/mol. The van der Waals surface area contributed by atoms with Gasteiger partial charge in [0.05, 0.1) is 5.39 Å². The van der Waals surface area contributed by atoms with Crippen LogP contribution < -0.4 is 5.56 Å². The van der Waals surface area contributed by atoms with Gasteiger partial charge in [-0.05, 0) is 18.2 Å². The normalized spacial score (nSPS) is 10.9. The van der Waals surface area contributed by atoms with E-state index < -0.39 is 23.0 Å². The number of aromatic amines is 1. The van der Waals surface area contributed by atoms with Crippen LogP contribution in [0.25, 0.3) is 22.0 Å². The SMILES string of the molecule is O=c1[nH]nc(-c2ccc(F)c(F)c2F)c2ccccc12. The molecule has 0 fully saturated rings. The van der Waals surface area contributed by atoms with Crippen molar-refractivity contribution >= 4 is 10.8 Å². The molecule has 6 heteroatoms. The summed E-state index contributed by atoms with van der Waals surface area (Å²) in [5.41, 5.74) is -0.597. The first-order chi connectivity index (χ1) is 9.59. The number of halogens is 3. The van der Waals surface area contributed by atoms with Gasteiger partial charge in [-0.1, -0.05) is 18.2 Å². The molecular formula is C14H7F3N2O. The predicted octanol–water partition coefficient (Wildman–Crippen LogP) is 3.01. The molecule has 0 atom stereocenters. The number of nitrogens with one attached hydrogen (secondary N) is 1. The van der Waals surface area contributed by atoms with E-state index in [0.29, 0.717) is 10.8 Å². The van der Waals surface area contributed by atoms with E-state index in [0.717, 1.165) is 12.1 Å². The molecule has 0 radical (unpaired) electrons. The highest BCUT2D eigenvalue weighted by Gasteiger charge is 2.18. The molecule has 20 heavy (non-hydrogen) atoms. The Morgan fingerprint density at radius 2 is 1.60 bits per heavy atom. The average Bonchev–Trinajstić information content (AvgIpc) is 2.47. The molecule has 0 aliphatic carbocycles. The molecule has 0 aliphatic rings. The maximum absolute atomic E-state index is 13.8. The molecule has 0 spiro atoms. The van der Waals surface area contributed by atoms with Crippen molar-refractivity contribution in [3.05, 3.63) is 64.2 Å². The zero-order valence-corrected chi connectivity index (χ0v) is 9.95. The van der Waals surface area contributed by atoms with Crippen molar-refractivity contribution in [3.63, 3.8) is 0 Å². The third-order valence-electron chi connectivity index (χ3n) is 2.99. The standard InChI is InChI=1S/C14H7F3N2O/c15-10-6-5-9(11(16)12(10)17)13-7-3-1-2-4-8(7)14(20)19-18-13/h1-6H,(H,19,20). The lowest BCUT2D eigenvalue weighted by Gasteiger charge is -2.07. The molecule has 0 saturated heterocycles. The number of benzene rings is 2. The first-order valence-corrected chi connectivity index (χ1v) is 5.71. The van der Waals surface area contributed by atoms with E-state index in [1.165, 1.54) is 6.07 Å². The Balaban J connectivity index is 2.39. The third kappa shape index (κ3) is 1.77. The van der Waals surface area contributed by atoms with Gasteiger partial charge in [-0.15, -0.1) is 0 Å². The van der Waals surface area contributed by atoms with Crippen molar-refractivity contribution in [3.8, 4) is 11.3 Å². The summed E-state index contributed by atoms with van der Waals surface area (Å²) in [7, 11) is 0. The van der Waals surface area contributed by atoms with Crippen LogP contribution in [0.2, 0.25) is 0 Å². The van der Waals surface area contributed by atoms with E-state index in [1.807, 2.05) is 0 Å². The molecular weight excluding hydrogens is 269 g/mol. The molecule has 0 aliphatic heterocycles. The molecule has 0 saturated carbocycles. The lowest BCUT2D eigenvalue weighted by Crippen LogP contribution is -2.10. The minimum Gasteiger partial charge on any atom is -0.267 e. The van der Waals surface area contributed by atoms with E-state index in [1.54, 1.807) is 18.2 Å². The smallest absolute Gasteiger partial charge is 0.267 e. The van der Waals surface area contributed by atoms with Crippen LogP contribution in [0.5, 0.6) is 0 Å². The highest BCUT2D eigenvalue weighted by molar-refractivity contribution is 5.93. The maximum atomic E-state index is 13.8. The Kier molecular flexibility index (Phi) is 2.78. The van der Waals surface area contributed by atoms with Crippen molar-refractivity contribution in [1.82, 2.24) is 10.2 Å². The average molecular weight is 276 g/mol. The van der Waals surface area contributed by atoms with E-state index >= 15 is 0 Å². The summed E-state index contributed by atoms with van der Waals surface area (Å²) in [6.45, 7) is 0. The molecule has 3 rings (SSSR count). The summed E-state index contributed by atoms with van der Waals surface area (Å²) in [6.07, 6.45) is 0. The first kappa shape index (κ1) is 12.4. The summed E-state index contributed by atoms with van der Waals surface area (Å²) in [6, 6.07) is 8.29. The first-order valence-electron chi connectivity index (χ1n) is 5.71. The second kappa shape index (κ2) is 4.48. The molecule has 0 bridgehead atoms. The Labute approximate surface area is 110 Å². The third-order valence-corrected chi connectivity index (χ3v) is 2.99. The van der Waals surface area contributed by atoms with Crippen molar-refractivity contribution in [2.45, 2.75) is 0 Å². The highest BCUT2D eigenvalue weighted by atomic mass is 19.2. The van der Waals surface area contributed by atoms with Crippen LogP contribution >= 0.6 is 0 Å². The highest BCUT2D eigenvalue weighted by Crippen LogP contribution is 2.28. The maximum Gasteiger partial charge on any atom is 0.272 e. The fourth-order valence-corrected chi connectivity index (χ4v) is 2.03. The van der Waals surface area contributed by atoms with E-state index in [9.17, 15) is 18.0 Å². The molecule has 1 N–H and O–H groups in total. The summed E-state index contributed by atoms with van der Waals surface area (Å²) in [5, 5.41) is 6.61. The number of fused-ring (bicyclic) bond motifs is 1. The second-order valence-corrected chi connectivity index (χ2v) is 4.17. The van der Waals surface area contributed by atoms with Gasteiger partial charge in [0.2, 0.25) is 0 Å². The summed E-state index contributed by atoms with van der Waals surface area (Å²) in [5.74, 6) is -4.19. The molecule has 1 heterocycles. The van der Waals surface area contributed by atoms with Crippen LogP contribution in [0.3, 0.4) is 0 Å². The lowest BCUT2D eigenvalue weighted by molar-refractivity contribution is 0.449. The fourth-order valence-electron chi connectivity index (χ4n) is 2.03. The van der Waals surface area contributed by atoms with Crippen LogP contribution in [-0.2, 0) is 0 Å². The number of aromatic nitrogens is 2. The zero-order chi connectivity index (χ0) is 14.3. The van der Waals surface area contributed by atoms with Crippen LogP contribution in [-0.4, -0.2) is 10.2 Å². The molecule has 0 amide bonds. The molecule has 1 aromatic heterocycles. The van der Waals surface area contributed by atoms with Gasteiger partial charge in [0.1, 0.15) is 5.69 Å². The van der Waals surface area contributed by atoms with E-state index in [4.69, 9.17) is 0 Å². The van der Waals surface area contributed by atoms with Crippen molar-refractivity contribution in [2.24, 2.45) is 0 Å². The number of nitrogens with zero attached hydrogens (tertiary/aromatic N) is 1. The minimum atomic E-state index is -1.57. The van der Waals surface area contributed by atoms with Gasteiger partial charge in [-0.3, -0.25) is 4.79 Å². The number of rotatable bonds is 1. The van der Waals surface area contributed by atoms with Gasteiger partial charge in [-0.25, -0.2) is 18.3 Å².